The largest absolute Gasteiger partial charge is 0.493 e. The molecule has 2 heterocycles. The van der Waals surface area contributed by atoms with Crippen LogP contribution in [0.15, 0.2) is 41.2 Å². The van der Waals surface area contributed by atoms with Crippen molar-refractivity contribution in [3.63, 3.8) is 0 Å². The molecule has 1 atom stereocenters. The number of nitrogens with zero attached hydrogens (tertiary/aromatic N) is 1. The second-order valence-electron chi connectivity index (χ2n) is 15.7. The van der Waals surface area contributed by atoms with Crippen LogP contribution >= 0.6 is 0 Å². The third-order valence-corrected chi connectivity index (χ3v) is 8.76. The fraction of sp³-hybridized carbons (Fsp3) is 0.561. The SMILES string of the molecule is CC(C)(C)OC(=O)CCCNC(=O)CCCC(=O)N1Cc2cc(OCCCOC(C)(C)O)ccc2-c2c(c2=O)-c2ccc(OCC3COC(C)(C)O3)cc21. The predicted octanol–water partition coefficient (Wildman–Crippen LogP) is 5.56. The zero-order chi connectivity index (χ0) is 39.3. The maximum absolute atomic E-state index is 14.1. The number of carbonyl (C=O) groups excluding carboxylic acids is 3. The topological polar surface area (TPSA) is 159 Å². The van der Waals surface area contributed by atoms with Gasteiger partial charge in [-0.25, -0.2) is 0 Å². The number of esters is 1. The molecule has 294 valence electrons. The van der Waals surface area contributed by atoms with Gasteiger partial charge in [0.1, 0.15) is 29.8 Å². The molecule has 0 spiro atoms. The monoisotopic (exact) mass is 750 g/mol. The Bertz CT molecular complexity index is 1810. The lowest BCUT2D eigenvalue weighted by Gasteiger charge is -2.28. The Morgan fingerprint density at radius 3 is 2.30 bits per heavy atom. The van der Waals surface area contributed by atoms with Crippen molar-refractivity contribution in [1.29, 1.82) is 0 Å². The summed E-state index contributed by atoms with van der Waals surface area (Å²) < 4.78 is 34.4. The first kappa shape index (κ1) is 40.9. The van der Waals surface area contributed by atoms with E-state index in [1.54, 1.807) is 57.7 Å². The molecule has 1 saturated heterocycles. The molecule has 0 bridgehead atoms. The average molecular weight is 751 g/mol. The highest BCUT2D eigenvalue weighted by molar-refractivity contribution is 6.05. The number of carbonyl (C=O) groups is 3. The van der Waals surface area contributed by atoms with Gasteiger partial charge in [-0.3, -0.25) is 19.2 Å². The number of aliphatic hydroxyl groups is 1. The first-order chi connectivity index (χ1) is 25.4. The molecule has 0 saturated carbocycles. The van der Waals surface area contributed by atoms with Crippen molar-refractivity contribution in [2.24, 2.45) is 0 Å². The van der Waals surface area contributed by atoms with Crippen LogP contribution in [0.1, 0.15) is 92.6 Å². The van der Waals surface area contributed by atoms with Gasteiger partial charge in [0.05, 0.1) is 32.1 Å². The second kappa shape index (κ2) is 17.0. The molecule has 13 heteroatoms. The fourth-order valence-corrected chi connectivity index (χ4v) is 6.31. The normalized spacial score (nSPS) is 16.5. The van der Waals surface area contributed by atoms with E-state index < -0.39 is 17.2 Å². The highest BCUT2D eigenvalue weighted by atomic mass is 16.7. The van der Waals surface area contributed by atoms with Crippen molar-refractivity contribution in [3.05, 3.63) is 52.2 Å². The molecule has 2 amide bonds. The Labute approximate surface area is 316 Å². The zero-order valence-corrected chi connectivity index (χ0v) is 32.5. The maximum Gasteiger partial charge on any atom is 0.306 e. The summed E-state index contributed by atoms with van der Waals surface area (Å²) >= 11 is 0. The first-order valence-corrected chi connectivity index (χ1v) is 18.7. The van der Waals surface area contributed by atoms with Gasteiger partial charge < -0.3 is 43.7 Å². The Kier molecular flexibility index (Phi) is 12.9. The number of anilines is 1. The maximum atomic E-state index is 14.1. The number of hydrogen-bond acceptors (Lipinski definition) is 11. The van der Waals surface area contributed by atoms with Crippen molar-refractivity contribution < 1.29 is 47.9 Å². The van der Waals surface area contributed by atoms with Gasteiger partial charge >= 0.3 is 5.97 Å². The summed E-state index contributed by atoms with van der Waals surface area (Å²) in [4.78, 5) is 53.7. The molecule has 0 aliphatic carbocycles. The van der Waals surface area contributed by atoms with Crippen LogP contribution in [0.25, 0.3) is 22.3 Å². The fourth-order valence-electron chi connectivity index (χ4n) is 6.31. The van der Waals surface area contributed by atoms with Gasteiger partial charge in [0, 0.05) is 55.0 Å². The third-order valence-electron chi connectivity index (χ3n) is 8.76. The van der Waals surface area contributed by atoms with E-state index >= 15 is 0 Å². The van der Waals surface area contributed by atoms with Gasteiger partial charge in [0.25, 0.3) is 0 Å². The van der Waals surface area contributed by atoms with Gasteiger partial charge in [0.2, 0.25) is 11.8 Å². The van der Waals surface area contributed by atoms with Crippen molar-refractivity contribution in [3.8, 4) is 33.8 Å². The molecule has 0 radical (unpaired) electrons. The smallest absolute Gasteiger partial charge is 0.306 e. The Morgan fingerprint density at radius 1 is 0.907 bits per heavy atom. The minimum absolute atomic E-state index is 0.0742. The Morgan fingerprint density at radius 2 is 1.61 bits per heavy atom. The van der Waals surface area contributed by atoms with Gasteiger partial charge in [0.15, 0.2) is 17.0 Å². The molecular formula is C41H54N2O11. The van der Waals surface area contributed by atoms with Gasteiger partial charge in [-0.1, -0.05) is 6.07 Å². The molecule has 0 aromatic heterocycles. The van der Waals surface area contributed by atoms with Crippen molar-refractivity contribution in [2.75, 3.05) is 37.9 Å². The number of benzene rings is 2. The molecule has 2 aliphatic rings. The van der Waals surface area contributed by atoms with E-state index in [1.807, 2.05) is 32.0 Å². The number of ether oxygens (including phenoxy) is 6. The summed E-state index contributed by atoms with van der Waals surface area (Å²) in [6.45, 7) is 14.0. The van der Waals surface area contributed by atoms with Crippen molar-refractivity contribution in [2.45, 2.75) is 117 Å². The molecule has 2 N–H and O–H groups in total. The number of nitrogens with one attached hydrogen (secondary N) is 1. The van der Waals surface area contributed by atoms with E-state index in [2.05, 4.69) is 5.32 Å². The number of rotatable bonds is 17. The molecular weight excluding hydrogens is 696 g/mol. The van der Waals surface area contributed by atoms with Gasteiger partial charge in [-0.05, 0) is 96.7 Å². The van der Waals surface area contributed by atoms with Gasteiger partial charge in [-0.15, -0.1) is 0 Å². The highest BCUT2D eigenvalue weighted by Gasteiger charge is 2.36. The summed E-state index contributed by atoms with van der Waals surface area (Å²) in [7, 11) is 0. The summed E-state index contributed by atoms with van der Waals surface area (Å²) in [5.41, 5.74) is 3.16. The standard InChI is InChI=1S/C41H54N2O11/c1-39(2,3)54-35(46)13-9-18-42-33(44)11-8-12-34(45)43-23-26-21-27(49-19-10-20-51-40(4,5)48)14-16-30(26)36-37(38(36)47)31-17-15-28(22-32(31)43)50-24-29-25-52-41(6,7)53-29/h14-17,21-22,29,48H,8-13,18-20,23-25H2,1-7H3,(H,42,44). The molecule has 13 nitrogen and oxygen atoms in total. The van der Waals surface area contributed by atoms with E-state index in [1.165, 1.54) is 0 Å². The van der Waals surface area contributed by atoms with Crippen LogP contribution in [0.2, 0.25) is 0 Å². The first-order valence-electron chi connectivity index (χ1n) is 18.7. The lowest BCUT2D eigenvalue weighted by Crippen LogP contribution is -2.32. The predicted molar refractivity (Wildman–Crippen MR) is 202 cm³/mol. The van der Waals surface area contributed by atoms with E-state index in [0.29, 0.717) is 79.5 Å². The van der Waals surface area contributed by atoms with Crippen LogP contribution in [-0.4, -0.2) is 79.1 Å². The number of fused-ring (bicyclic) bond motifs is 5. The third kappa shape index (κ3) is 11.6. The lowest BCUT2D eigenvalue weighted by atomic mass is 9.98. The number of hydrogen-bond donors (Lipinski definition) is 2. The van der Waals surface area contributed by atoms with E-state index in [4.69, 9.17) is 28.4 Å². The summed E-state index contributed by atoms with van der Waals surface area (Å²) in [6, 6.07) is 10.9. The van der Waals surface area contributed by atoms with Crippen LogP contribution in [0.5, 0.6) is 11.5 Å². The number of amides is 2. The molecule has 3 aromatic rings. The van der Waals surface area contributed by atoms with E-state index in [-0.39, 0.29) is 61.7 Å². The van der Waals surface area contributed by atoms with Crippen molar-refractivity contribution >= 4 is 23.5 Å². The van der Waals surface area contributed by atoms with E-state index in [9.17, 15) is 24.3 Å². The molecule has 54 heavy (non-hydrogen) atoms. The van der Waals surface area contributed by atoms with Crippen LogP contribution in [-0.2, 0) is 39.9 Å². The summed E-state index contributed by atoms with van der Waals surface area (Å²) in [5, 5.41) is 12.6. The lowest BCUT2D eigenvalue weighted by molar-refractivity contribution is -0.177. The van der Waals surface area contributed by atoms with Crippen LogP contribution in [0.3, 0.4) is 0 Å². The van der Waals surface area contributed by atoms with Crippen LogP contribution < -0.4 is 25.1 Å². The minimum atomic E-state index is -1.23. The van der Waals surface area contributed by atoms with E-state index in [0.717, 1.165) is 11.1 Å². The molecule has 3 aromatic carbocycles. The quantitative estimate of drug-likeness (QED) is 0.101. The molecule has 1 fully saturated rings. The molecule has 2 aliphatic heterocycles. The van der Waals surface area contributed by atoms with Crippen LogP contribution in [0, 0.1) is 0 Å². The Balaban J connectivity index is 1.29. The highest BCUT2D eigenvalue weighted by Crippen LogP contribution is 2.46. The Hall–Kier alpha value is -4.30. The average Bonchev–Trinajstić information content (AvgIpc) is 3.59. The minimum Gasteiger partial charge on any atom is -0.493 e. The molecule has 1 unspecified atom stereocenters. The summed E-state index contributed by atoms with van der Waals surface area (Å²) in [5.74, 6) is -1.61. The van der Waals surface area contributed by atoms with Crippen LogP contribution in [0.4, 0.5) is 5.69 Å². The molecule has 5 rings (SSSR count). The van der Waals surface area contributed by atoms with Crippen molar-refractivity contribution in [1.82, 2.24) is 5.32 Å². The second-order valence-corrected chi connectivity index (χ2v) is 15.7. The zero-order valence-electron chi connectivity index (χ0n) is 32.5. The summed E-state index contributed by atoms with van der Waals surface area (Å²) in [6.07, 6.45) is 1.41. The van der Waals surface area contributed by atoms with Gasteiger partial charge in [-0.2, -0.15) is 0 Å².